The van der Waals surface area contributed by atoms with Gasteiger partial charge in [0.15, 0.2) is 11.4 Å². The molecule has 140 valence electrons. The maximum atomic E-state index is 11.9. The molecule has 0 heterocycles. The molecular formula is C22H28O4. The van der Waals surface area contributed by atoms with Gasteiger partial charge in [0, 0.05) is 11.8 Å². The first-order valence-electron chi connectivity index (χ1n) is 9.72. The molecule has 4 aliphatic rings. The number of carboxylic acids is 1. The molecule has 0 unspecified atom stereocenters. The molecule has 1 saturated carbocycles. The first-order valence-corrected chi connectivity index (χ1v) is 9.72. The molecule has 2 N–H and O–H groups in total. The van der Waals surface area contributed by atoms with E-state index in [9.17, 15) is 19.8 Å². The number of aliphatic hydroxyl groups is 1. The lowest BCUT2D eigenvalue weighted by Crippen LogP contribution is -2.48. The van der Waals surface area contributed by atoms with Gasteiger partial charge in [0.1, 0.15) is 0 Å². The molecule has 26 heavy (non-hydrogen) atoms. The van der Waals surface area contributed by atoms with Crippen molar-refractivity contribution in [2.45, 2.75) is 64.9 Å². The van der Waals surface area contributed by atoms with Crippen molar-refractivity contribution < 1.29 is 19.8 Å². The Hall–Kier alpha value is -1.68. The number of aliphatic carboxylic acids is 1. The van der Waals surface area contributed by atoms with Crippen LogP contribution in [-0.2, 0) is 9.59 Å². The van der Waals surface area contributed by atoms with Gasteiger partial charge in [-0.2, -0.15) is 0 Å². The van der Waals surface area contributed by atoms with Gasteiger partial charge in [0.2, 0.25) is 0 Å². The smallest absolute Gasteiger partial charge is 0.339 e. The second-order valence-corrected chi connectivity index (χ2v) is 9.23. The Morgan fingerprint density at radius 3 is 2.69 bits per heavy atom. The molecule has 1 fully saturated rings. The Bertz CT molecular complexity index is 784. The second kappa shape index (κ2) is 5.41. The minimum atomic E-state index is -1.81. The molecule has 4 nitrogen and oxygen atoms in total. The van der Waals surface area contributed by atoms with Crippen molar-refractivity contribution in [2.24, 2.45) is 22.7 Å². The molecule has 4 rings (SSSR count). The molecule has 5 atom stereocenters. The predicted octanol–water partition coefficient (Wildman–Crippen LogP) is 3.81. The lowest BCUT2D eigenvalue weighted by Gasteiger charge is -2.53. The van der Waals surface area contributed by atoms with Gasteiger partial charge in [-0.15, -0.1) is 0 Å². The summed E-state index contributed by atoms with van der Waals surface area (Å²) in [6.45, 7) is 5.81. The molecule has 0 aromatic heterocycles. The summed E-state index contributed by atoms with van der Waals surface area (Å²) in [4.78, 5) is 23.5. The lowest BCUT2D eigenvalue weighted by atomic mass is 9.50. The average molecular weight is 356 g/mol. The van der Waals surface area contributed by atoms with E-state index in [4.69, 9.17) is 0 Å². The number of carboxylic acid groups (broad SMARTS) is 1. The number of carbonyl (C=O) groups is 2. The summed E-state index contributed by atoms with van der Waals surface area (Å²) in [6, 6.07) is 0. The highest BCUT2D eigenvalue weighted by molar-refractivity contribution is 5.92. The monoisotopic (exact) mass is 356 g/mol. The first kappa shape index (κ1) is 17.7. The largest absolute Gasteiger partial charge is 0.479 e. The molecular weight excluding hydrogens is 328 g/mol. The molecule has 0 radical (unpaired) electrons. The van der Waals surface area contributed by atoms with Crippen LogP contribution < -0.4 is 0 Å². The lowest BCUT2D eigenvalue weighted by molar-refractivity contribution is -0.154. The summed E-state index contributed by atoms with van der Waals surface area (Å²) < 4.78 is 0. The Balaban J connectivity index is 1.73. The number of ketones is 1. The van der Waals surface area contributed by atoms with Crippen LogP contribution in [0.4, 0.5) is 0 Å². The van der Waals surface area contributed by atoms with E-state index in [1.807, 2.05) is 12.2 Å². The van der Waals surface area contributed by atoms with E-state index < -0.39 is 11.6 Å². The fourth-order valence-electron chi connectivity index (χ4n) is 6.31. The SMILES string of the molecule is C[C@@](O)(C(=O)O)C1=CC[C@H]2[C@@H]3CCC4=CC(=O)CC[C@]4(C)C3=CC[C@]12C. The summed E-state index contributed by atoms with van der Waals surface area (Å²) in [7, 11) is 0. The minimum Gasteiger partial charge on any atom is -0.479 e. The second-order valence-electron chi connectivity index (χ2n) is 9.23. The number of allylic oxidation sites excluding steroid dienone is 5. The molecule has 0 saturated heterocycles. The van der Waals surface area contributed by atoms with Gasteiger partial charge in [-0.05, 0) is 67.9 Å². The number of carbonyl (C=O) groups excluding carboxylic acids is 1. The predicted molar refractivity (Wildman–Crippen MR) is 98.4 cm³/mol. The Kier molecular flexibility index (Phi) is 3.69. The highest BCUT2D eigenvalue weighted by Crippen LogP contribution is 2.64. The van der Waals surface area contributed by atoms with E-state index in [1.54, 1.807) is 0 Å². The summed E-state index contributed by atoms with van der Waals surface area (Å²) in [5.74, 6) is -0.187. The topological polar surface area (TPSA) is 74.6 Å². The van der Waals surface area contributed by atoms with Gasteiger partial charge in [-0.1, -0.05) is 37.1 Å². The van der Waals surface area contributed by atoms with Crippen LogP contribution in [0.15, 0.2) is 34.9 Å². The maximum Gasteiger partial charge on any atom is 0.339 e. The summed E-state index contributed by atoms with van der Waals surface area (Å²) in [5, 5.41) is 20.1. The van der Waals surface area contributed by atoms with E-state index in [0.29, 0.717) is 23.8 Å². The summed E-state index contributed by atoms with van der Waals surface area (Å²) >= 11 is 0. The summed E-state index contributed by atoms with van der Waals surface area (Å²) in [5.41, 5.74) is 1.27. The van der Waals surface area contributed by atoms with Gasteiger partial charge in [0.05, 0.1) is 0 Å². The van der Waals surface area contributed by atoms with Gasteiger partial charge < -0.3 is 10.2 Å². The normalized spacial score (nSPS) is 41.1. The van der Waals surface area contributed by atoms with Gasteiger partial charge >= 0.3 is 5.97 Å². The van der Waals surface area contributed by atoms with Crippen LogP contribution in [0, 0.1) is 22.7 Å². The fraction of sp³-hybridized carbons (Fsp3) is 0.636. The van der Waals surface area contributed by atoms with Crippen molar-refractivity contribution in [3.05, 3.63) is 34.9 Å². The van der Waals surface area contributed by atoms with Crippen LogP contribution >= 0.6 is 0 Å². The highest BCUT2D eigenvalue weighted by Gasteiger charge is 2.57. The van der Waals surface area contributed by atoms with E-state index in [2.05, 4.69) is 19.9 Å². The quantitative estimate of drug-likeness (QED) is 0.738. The van der Waals surface area contributed by atoms with E-state index >= 15 is 0 Å². The maximum absolute atomic E-state index is 11.9. The van der Waals surface area contributed by atoms with Crippen molar-refractivity contribution in [3.8, 4) is 0 Å². The minimum absolute atomic E-state index is 0.0176. The van der Waals surface area contributed by atoms with Gasteiger partial charge in [0.25, 0.3) is 0 Å². The molecule has 4 aliphatic carbocycles. The standard InChI is InChI=1S/C22H28O4/c1-20-10-8-14(23)12-13(20)4-5-15-16-6-7-18(22(3,26)19(24)25)21(16,2)11-9-17(15)20/h7,9,12,15-16,26H,4-6,8,10-11H2,1-3H3,(H,24,25)/t15-,16-,20-,21-,22-/m0/s1. The fourth-order valence-corrected chi connectivity index (χ4v) is 6.31. The summed E-state index contributed by atoms with van der Waals surface area (Å²) in [6.07, 6.45) is 11.2. The third kappa shape index (κ3) is 2.17. The van der Waals surface area contributed by atoms with E-state index in [0.717, 1.165) is 32.1 Å². The average Bonchev–Trinajstić information content (AvgIpc) is 2.93. The number of rotatable bonds is 2. The van der Waals surface area contributed by atoms with Crippen molar-refractivity contribution in [1.29, 1.82) is 0 Å². The van der Waals surface area contributed by atoms with Crippen molar-refractivity contribution in [3.63, 3.8) is 0 Å². The van der Waals surface area contributed by atoms with E-state index in [-0.39, 0.29) is 16.6 Å². The third-order valence-electron chi connectivity index (χ3n) is 7.86. The number of hydrogen-bond acceptors (Lipinski definition) is 3. The zero-order chi connectivity index (χ0) is 18.9. The molecule has 0 aromatic rings. The Labute approximate surface area is 154 Å². The first-order chi connectivity index (χ1) is 12.1. The molecule has 0 spiro atoms. The van der Waals surface area contributed by atoms with Crippen molar-refractivity contribution >= 4 is 11.8 Å². The third-order valence-corrected chi connectivity index (χ3v) is 7.86. The van der Waals surface area contributed by atoms with Gasteiger partial charge in [-0.3, -0.25) is 4.79 Å². The van der Waals surface area contributed by atoms with Crippen LogP contribution in [0.2, 0.25) is 0 Å². The molecule has 0 aromatic carbocycles. The molecule has 4 heteroatoms. The highest BCUT2D eigenvalue weighted by atomic mass is 16.4. The van der Waals surface area contributed by atoms with Crippen molar-refractivity contribution in [2.75, 3.05) is 0 Å². The van der Waals surface area contributed by atoms with Crippen molar-refractivity contribution in [1.82, 2.24) is 0 Å². The molecule has 0 bridgehead atoms. The zero-order valence-electron chi connectivity index (χ0n) is 15.8. The zero-order valence-corrected chi connectivity index (χ0v) is 15.8. The molecule has 0 amide bonds. The van der Waals surface area contributed by atoms with Crippen LogP contribution in [0.5, 0.6) is 0 Å². The van der Waals surface area contributed by atoms with E-state index in [1.165, 1.54) is 18.1 Å². The molecule has 0 aliphatic heterocycles. The Morgan fingerprint density at radius 1 is 1.27 bits per heavy atom. The number of hydrogen-bond donors (Lipinski definition) is 2. The van der Waals surface area contributed by atoms with Crippen LogP contribution in [0.1, 0.15) is 59.3 Å². The van der Waals surface area contributed by atoms with Crippen LogP contribution in [0.25, 0.3) is 0 Å². The number of fused-ring (bicyclic) bond motifs is 5. The van der Waals surface area contributed by atoms with Crippen LogP contribution in [0.3, 0.4) is 0 Å². The van der Waals surface area contributed by atoms with Gasteiger partial charge in [-0.25, -0.2) is 4.79 Å². The van der Waals surface area contributed by atoms with Crippen LogP contribution in [-0.4, -0.2) is 27.6 Å². The Morgan fingerprint density at radius 2 is 2.00 bits per heavy atom.